The Kier molecular flexibility index (Phi) is 12.2. The van der Waals surface area contributed by atoms with Crippen LogP contribution in [0.2, 0.25) is 0 Å². The van der Waals surface area contributed by atoms with E-state index in [1.165, 1.54) is 0 Å². The lowest BCUT2D eigenvalue weighted by Crippen LogP contribution is -2.59. The highest BCUT2D eigenvalue weighted by molar-refractivity contribution is 5.88. The topological polar surface area (TPSA) is 186 Å². The van der Waals surface area contributed by atoms with Gasteiger partial charge in [-0.15, -0.1) is 0 Å². The molecule has 1 unspecified atom stereocenters. The van der Waals surface area contributed by atoms with Crippen LogP contribution in [0.1, 0.15) is 60.8 Å². The number of aliphatic hydroxyl groups is 2. The zero-order valence-corrected chi connectivity index (χ0v) is 19.5. The van der Waals surface area contributed by atoms with E-state index in [0.717, 1.165) is 0 Å². The Bertz CT molecular complexity index is 591. The number of rotatable bonds is 14. The van der Waals surface area contributed by atoms with E-state index in [9.17, 15) is 19.5 Å². The van der Waals surface area contributed by atoms with Gasteiger partial charge in [-0.1, -0.05) is 6.92 Å². The van der Waals surface area contributed by atoms with Gasteiger partial charge in [0.25, 0.3) is 0 Å². The minimum absolute atomic E-state index is 0.0226. The van der Waals surface area contributed by atoms with Crippen LogP contribution in [0, 0.1) is 0 Å². The molecule has 0 radical (unpaired) electrons. The highest BCUT2D eigenvalue weighted by Gasteiger charge is 2.30. The van der Waals surface area contributed by atoms with Crippen LogP contribution in [0.3, 0.4) is 0 Å². The Morgan fingerprint density at radius 1 is 0.903 bits per heavy atom. The van der Waals surface area contributed by atoms with Crippen molar-refractivity contribution in [3.8, 4) is 0 Å². The summed E-state index contributed by atoms with van der Waals surface area (Å²) in [4.78, 5) is 36.8. The van der Waals surface area contributed by atoms with Crippen molar-refractivity contribution in [2.24, 2.45) is 5.73 Å². The Morgan fingerprint density at radius 3 is 1.90 bits per heavy atom. The van der Waals surface area contributed by atoms with E-state index < -0.39 is 47.7 Å². The molecule has 2 amide bonds. The number of carboxylic acids is 1. The summed E-state index contributed by atoms with van der Waals surface area (Å²) in [6, 6.07) is -2.91. The molecule has 0 rings (SSSR count). The van der Waals surface area contributed by atoms with E-state index in [2.05, 4.69) is 21.3 Å². The summed E-state index contributed by atoms with van der Waals surface area (Å²) in [5.74, 6) is -2.38. The molecule has 3 atom stereocenters. The zero-order valence-electron chi connectivity index (χ0n) is 19.5. The minimum Gasteiger partial charge on any atom is -0.480 e. The van der Waals surface area contributed by atoms with Gasteiger partial charge in [0.1, 0.15) is 6.04 Å². The fourth-order valence-corrected chi connectivity index (χ4v) is 2.71. The number of carboxylic acid groups (broad SMARTS) is 1. The molecule has 0 aromatic carbocycles. The van der Waals surface area contributed by atoms with Crippen LogP contribution in [0.4, 0.5) is 0 Å². The van der Waals surface area contributed by atoms with Crippen molar-refractivity contribution in [1.82, 2.24) is 21.3 Å². The molecular formula is C20H41N5O6. The number of amides is 2. The van der Waals surface area contributed by atoms with Crippen molar-refractivity contribution in [2.75, 3.05) is 13.1 Å². The smallest absolute Gasteiger partial charge is 0.328 e. The number of carbonyl (C=O) groups is 3. The summed E-state index contributed by atoms with van der Waals surface area (Å²) in [7, 11) is 0. The maximum absolute atomic E-state index is 12.7. The molecule has 0 bridgehead atoms. The lowest BCUT2D eigenvalue weighted by molar-refractivity contribution is -0.142. The van der Waals surface area contributed by atoms with Crippen molar-refractivity contribution in [2.45, 2.75) is 96.3 Å². The number of hydrogen-bond donors (Lipinski definition) is 8. The highest BCUT2D eigenvalue weighted by Crippen LogP contribution is 2.12. The molecule has 0 fully saturated rings. The summed E-state index contributed by atoms with van der Waals surface area (Å²) >= 11 is 0. The number of carbonyl (C=O) groups excluding carboxylic acids is 2. The van der Waals surface area contributed by atoms with E-state index in [1.807, 2.05) is 41.5 Å². The first kappa shape index (κ1) is 29.2. The highest BCUT2D eigenvalue weighted by atomic mass is 16.5. The van der Waals surface area contributed by atoms with Crippen molar-refractivity contribution >= 4 is 17.8 Å². The summed E-state index contributed by atoms with van der Waals surface area (Å²) in [5.41, 5.74) is 4.84. The van der Waals surface area contributed by atoms with E-state index in [1.54, 1.807) is 0 Å². The Morgan fingerprint density at radius 2 is 1.48 bits per heavy atom. The fourth-order valence-electron chi connectivity index (χ4n) is 2.71. The number of hydrogen-bond acceptors (Lipinski definition) is 8. The number of nitrogens with one attached hydrogen (secondary N) is 4. The fraction of sp³-hybridized carbons (Fsp3) is 0.850. The monoisotopic (exact) mass is 447 g/mol. The minimum atomic E-state index is -1.58. The molecule has 0 aliphatic heterocycles. The lowest BCUT2D eigenvalue weighted by atomic mass is 9.98. The van der Waals surface area contributed by atoms with Gasteiger partial charge in [0.05, 0.1) is 12.1 Å². The molecule has 0 saturated heterocycles. The van der Waals surface area contributed by atoms with E-state index in [-0.39, 0.29) is 31.5 Å². The number of aliphatic carboxylic acids is 1. The van der Waals surface area contributed by atoms with Crippen molar-refractivity contribution in [3.05, 3.63) is 0 Å². The second-order valence-corrected chi connectivity index (χ2v) is 9.32. The van der Waals surface area contributed by atoms with Crippen LogP contribution in [0.15, 0.2) is 0 Å². The summed E-state index contributed by atoms with van der Waals surface area (Å²) in [5, 5.41) is 38.9. The summed E-state index contributed by atoms with van der Waals surface area (Å²) in [6.45, 7) is 11.0. The molecule has 11 heteroatoms. The van der Waals surface area contributed by atoms with Gasteiger partial charge >= 0.3 is 5.97 Å². The van der Waals surface area contributed by atoms with Crippen LogP contribution in [-0.2, 0) is 14.4 Å². The molecule has 0 aromatic rings. The molecule has 0 aliphatic rings. The van der Waals surface area contributed by atoms with Gasteiger partial charge in [-0.05, 0) is 53.9 Å². The third kappa shape index (κ3) is 12.6. The van der Waals surface area contributed by atoms with Gasteiger partial charge in [-0.2, -0.15) is 0 Å². The van der Waals surface area contributed by atoms with E-state index in [4.69, 9.17) is 15.9 Å². The Balaban J connectivity index is 5.16. The molecule has 9 N–H and O–H groups in total. The zero-order chi connectivity index (χ0) is 24.4. The number of aliphatic hydroxyl groups excluding tert-OH is 1. The molecule has 11 nitrogen and oxygen atoms in total. The molecular weight excluding hydrogens is 406 g/mol. The maximum Gasteiger partial charge on any atom is 0.328 e. The molecule has 31 heavy (non-hydrogen) atoms. The standard InChI is InChI=1S/C20H41N5O6/c1-7-20(5,6)25-12(8-9-15(26)27)17(29)23-14(18(30)31)11-22-16(28)13(10-21)24-19(2,3)4/h12-15,24-27H,7-11,21H2,1-6H3,(H,22,28)(H,23,29)(H,30,31)/t12-,13-,14?/m0/s1. The SMILES string of the molecule is CCC(C)(C)N[C@@H](CCC(O)O)C(=O)NC(CNC(=O)[C@H](CN)NC(C)(C)C)C(=O)O. The van der Waals surface area contributed by atoms with Crippen LogP contribution in [0.25, 0.3) is 0 Å². The van der Waals surface area contributed by atoms with Gasteiger partial charge in [-0.25, -0.2) is 4.79 Å². The first-order valence-electron chi connectivity index (χ1n) is 10.5. The van der Waals surface area contributed by atoms with Crippen LogP contribution < -0.4 is 27.0 Å². The molecule has 0 aliphatic carbocycles. The first-order chi connectivity index (χ1) is 14.1. The average Bonchev–Trinajstić information content (AvgIpc) is 2.64. The second kappa shape index (κ2) is 12.9. The van der Waals surface area contributed by atoms with Crippen LogP contribution in [0.5, 0.6) is 0 Å². The second-order valence-electron chi connectivity index (χ2n) is 9.32. The predicted octanol–water partition coefficient (Wildman–Crippen LogP) is -1.37. The van der Waals surface area contributed by atoms with E-state index in [0.29, 0.717) is 6.42 Å². The molecule has 182 valence electrons. The molecule has 0 heterocycles. The third-order valence-electron chi connectivity index (χ3n) is 4.73. The van der Waals surface area contributed by atoms with E-state index >= 15 is 0 Å². The Labute approximate surface area is 184 Å². The van der Waals surface area contributed by atoms with Gasteiger partial charge in [0.2, 0.25) is 11.8 Å². The van der Waals surface area contributed by atoms with Crippen molar-refractivity contribution in [1.29, 1.82) is 0 Å². The first-order valence-corrected chi connectivity index (χ1v) is 10.5. The lowest BCUT2D eigenvalue weighted by Gasteiger charge is -2.31. The van der Waals surface area contributed by atoms with Crippen molar-refractivity contribution < 1.29 is 29.7 Å². The third-order valence-corrected chi connectivity index (χ3v) is 4.73. The summed E-state index contributed by atoms with van der Waals surface area (Å²) in [6.07, 6.45) is -0.857. The van der Waals surface area contributed by atoms with Crippen LogP contribution >= 0.6 is 0 Å². The Hall–Kier alpha value is -1.79. The quantitative estimate of drug-likeness (QED) is 0.149. The normalized spacial score (nSPS) is 15.3. The maximum atomic E-state index is 12.7. The molecule has 0 saturated carbocycles. The largest absolute Gasteiger partial charge is 0.480 e. The molecule has 0 spiro atoms. The van der Waals surface area contributed by atoms with Crippen LogP contribution in [-0.4, -0.2) is 81.7 Å². The number of nitrogens with two attached hydrogens (primary N) is 1. The summed E-state index contributed by atoms with van der Waals surface area (Å²) < 4.78 is 0. The van der Waals surface area contributed by atoms with Gasteiger partial charge in [0, 0.05) is 24.2 Å². The van der Waals surface area contributed by atoms with Gasteiger partial charge in [-0.3, -0.25) is 9.59 Å². The van der Waals surface area contributed by atoms with Gasteiger partial charge < -0.3 is 42.3 Å². The molecule has 0 aromatic heterocycles. The predicted molar refractivity (Wildman–Crippen MR) is 117 cm³/mol. The average molecular weight is 448 g/mol. The van der Waals surface area contributed by atoms with Gasteiger partial charge in [0.15, 0.2) is 6.29 Å². The van der Waals surface area contributed by atoms with Crippen molar-refractivity contribution in [3.63, 3.8) is 0 Å².